The number of nitrogens with zero attached hydrogens (tertiary/aromatic N) is 4. The van der Waals surface area contributed by atoms with Crippen LogP contribution in [0.1, 0.15) is 30.7 Å². The van der Waals surface area contributed by atoms with Gasteiger partial charge in [-0.25, -0.2) is 9.18 Å². The van der Waals surface area contributed by atoms with Crippen LogP contribution in [0.2, 0.25) is 0 Å². The Balaban J connectivity index is 1.60. The van der Waals surface area contributed by atoms with Crippen molar-refractivity contribution in [1.82, 2.24) is 14.4 Å². The molecule has 1 atom stereocenters. The normalized spacial score (nSPS) is 19.3. The molecule has 9 nitrogen and oxygen atoms in total. The fourth-order valence-electron chi connectivity index (χ4n) is 5.35. The van der Waals surface area contributed by atoms with E-state index in [1.54, 1.807) is 34.7 Å². The highest BCUT2D eigenvalue weighted by Crippen LogP contribution is 2.40. The third-order valence-corrected chi connectivity index (χ3v) is 7.15. The number of methoxy groups -OCH3 is 1. The molecule has 0 saturated carbocycles. The van der Waals surface area contributed by atoms with Gasteiger partial charge >= 0.3 is 6.09 Å². The van der Waals surface area contributed by atoms with Crippen LogP contribution >= 0.6 is 0 Å². The number of pyridine rings is 1. The molecule has 0 radical (unpaired) electrons. The van der Waals surface area contributed by atoms with Gasteiger partial charge in [-0.05, 0) is 23.8 Å². The zero-order chi connectivity index (χ0) is 26.2. The van der Waals surface area contributed by atoms with Crippen molar-refractivity contribution in [2.24, 2.45) is 7.05 Å². The average molecular weight is 501 g/mol. The summed E-state index contributed by atoms with van der Waals surface area (Å²) in [6.07, 6.45) is -0.130. The first-order chi connectivity index (χ1) is 17.1. The molecule has 1 saturated heterocycles. The summed E-state index contributed by atoms with van der Waals surface area (Å²) in [7, 11) is 3.04. The van der Waals surface area contributed by atoms with Crippen molar-refractivity contribution in [1.29, 1.82) is 0 Å². The quantitative estimate of drug-likeness (QED) is 0.669. The molecule has 1 aromatic carbocycles. The second-order valence-electron chi connectivity index (χ2n) is 10.2. The molecular weight excluding hydrogens is 467 g/mol. The minimum absolute atomic E-state index is 0.0753. The number of aliphatic hydroxyl groups is 1. The second-order valence-corrected chi connectivity index (χ2v) is 10.2. The first-order valence-electron chi connectivity index (χ1n) is 12.0. The maximum Gasteiger partial charge on any atom is 0.409 e. The van der Waals surface area contributed by atoms with E-state index in [0.29, 0.717) is 37.3 Å². The number of carbonyl (C=O) groups is 2. The fourth-order valence-corrected chi connectivity index (χ4v) is 5.35. The molecule has 4 rings (SSSR count). The number of halogens is 1. The predicted octanol–water partition coefficient (Wildman–Crippen LogP) is 1.48. The molecule has 1 fully saturated rings. The molecule has 10 heteroatoms. The lowest BCUT2D eigenvalue weighted by atomic mass is 9.90. The molecule has 194 valence electrons. The summed E-state index contributed by atoms with van der Waals surface area (Å²) in [6.45, 7) is 5.40. The van der Waals surface area contributed by atoms with Gasteiger partial charge in [0.05, 0.1) is 37.7 Å². The molecule has 3 heterocycles. The molecule has 1 N–H and O–H groups in total. The molecule has 0 bridgehead atoms. The van der Waals surface area contributed by atoms with Gasteiger partial charge in [0.2, 0.25) is 5.91 Å². The number of hydrogen-bond donors (Lipinski definition) is 1. The number of benzene rings is 1. The summed E-state index contributed by atoms with van der Waals surface area (Å²) in [5, 5.41) is 9.91. The number of aromatic nitrogens is 1. The van der Waals surface area contributed by atoms with Gasteiger partial charge in [-0.1, -0.05) is 26.0 Å². The Morgan fingerprint density at radius 3 is 2.53 bits per heavy atom. The number of piperazine rings is 1. The highest BCUT2D eigenvalue weighted by Gasteiger charge is 2.42. The van der Waals surface area contributed by atoms with Crippen LogP contribution in [0.5, 0.6) is 0 Å². The van der Waals surface area contributed by atoms with Crippen molar-refractivity contribution >= 4 is 17.7 Å². The Morgan fingerprint density at radius 2 is 1.89 bits per heavy atom. The molecule has 0 unspecified atom stereocenters. The van der Waals surface area contributed by atoms with Crippen LogP contribution in [0, 0.1) is 5.82 Å². The Kier molecular flexibility index (Phi) is 7.19. The Morgan fingerprint density at radius 1 is 1.19 bits per heavy atom. The number of carbonyl (C=O) groups excluding carboxylic acids is 2. The van der Waals surface area contributed by atoms with E-state index < -0.39 is 11.5 Å². The topological polar surface area (TPSA) is 95.3 Å². The van der Waals surface area contributed by atoms with E-state index in [2.05, 4.69) is 0 Å². The maximum atomic E-state index is 13.6. The van der Waals surface area contributed by atoms with E-state index in [1.807, 2.05) is 18.7 Å². The third-order valence-electron chi connectivity index (χ3n) is 7.15. The summed E-state index contributed by atoms with van der Waals surface area (Å²) in [6, 6.07) is 7.43. The van der Waals surface area contributed by atoms with Crippen molar-refractivity contribution in [3.63, 3.8) is 0 Å². The van der Waals surface area contributed by atoms with Crippen molar-refractivity contribution in [2.75, 3.05) is 51.3 Å². The van der Waals surface area contributed by atoms with Crippen molar-refractivity contribution in [2.45, 2.75) is 31.7 Å². The Labute approximate surface area is 209 Å². The predicted molar refractivity (Wildman–Crippen MR) is 133 cm³/mol. The van der Waals surface area contributed by atoms with Gasteiger partial charge in [0.15, 0.2) is 0 Å². The summed E-state index contributed by atoms with van der Waals surface area (Å²) in [4.78, 5) is 43.8. The summed E-state index contributed by atoms with van der Waals surface area (Å²) >= 11 is 0. The molecule has 0 spiro atoms. The highest BCUT2D eigenvalue weighted by atomic mass is 19.1. The van der Waals surface area contributed by atoms with E-state index in [9.17, 15) is 23.9 Å². The molecule has 1 aromatic heterocycles. The standard InChI is InChI=1S/C26H33FN4O5/c1-26(2)16-31(22(33)14-29-9-10-30(25(35)36-4)13-20(29)15-32)21-12-18(24(34)28(3)23(21)26)11-17-5-7-19(27)8-6-17/h5-8,12,20,32H,9-11,13-16H2,1-4H3/t20-/m1/s1. The van der Waals surface area contributed by atoms with Gasteiger partial charge in [0, 0.05) is 50.6 Å². The molecule has 2 aromatic rings. The second kappa shape index (κ2) is 10.0. The van der Waals surface area contributed by atoms with E-state index in [1.165, 1.54) is 24.1 Å². The lowest BCUT2D eigenvalue weighted by Gasteiger charge is -2.40. The van der Waals surface area contributed by atoms with Crippen LogP contribution in [0.25, 0.3) is 0 Å². The van der Waals surface area contributed by atoms with Gasteiger partial charge < -0.3 is 24.2 Å². The van der Waals surface area contributed by atoms with Crippen LogP contribution in [0.3, 0.4) is 0 Å². The van der Waals surface area contributed by atoms with E-state index >= 15 is 0 Å². The number of aliphatic hydroxyl groups excluding tert-OH is 1. The van der Waals surface area contributed by atoms with Gasteiger partial charge in [-0.2, -0.15) is 0 Å². The van der Waals surface area contributed by atoms with Crippen LogP contribution in [0.15, 0.2) is 35.1 Å². The van der Waals surface area contributed by atoms with Crippen molar-refractivity contribution in [3.8, 4) is 0 Å². The summed E-state index contributed by atoms with van der Waals surface area (Å²) in [5.74, 6) is -0.481. The maximum absolute atomic E-state index is 13.6. The van der Waals surface area contributed by atoms with Gasteiger partial charge in [-0.15, -0.1) is 0 Å². The molecule has 2 aliphatic heterocycles. The highest BCUT2D eigenvalue weighted by molar-refractivity contribution is 5.97. The number of amides is 2. The van der Waals surface area contributed by atoms with Crippen LogP contribution < -0.4 is 10.5 Å². The molecule has 0 aliphatic carbocycles. The van der Waals surface area contributed by atoms with E-state index in [4.69, 9.17) is 4.74 Å². The Hall–Kier alpha value is -3.24. The lowest BCUT2D eigenvalue weighted by molar-refractivity contribution is -0.121. The summed E-state index contributed by atoms with van der Waals surface area (Å²) < 4.78 is 19.7. The average Bonchev–Trinajstić information content (AvgIpc) is 3.13. The summed E-state index contributed by atoms with van der Waals surface area (Å²) in [5.41, 5.74) is 2.24. The first-order valence-corrected chi connectivity index (χ1v) is 12.0. The number of ether oxygens (including phenoxy) is 1. The van der Waals surface area contributed by atoms with Crippen molar-refractivity contribution in [3.05, 3.63) is 63.3 Å². The minimum Gasteiger partial charge on any atom is -0.453 e. The number of anilines is 1. The minimum atomic E-state index is -0.454. The molecule has 2 amide bonds. The zero-order valence-electron chi connectivity index (χ0n) is 21.2. The van der Waals surface area contributed by atoms with Crippen molar-refractivity contribution < 1.29 is 23.8 Å². The van der Waals surface area contributed by atoms with E-state index in [0.717, 1.165) is 11.3 Å². The van der Waals surface area contributed by atoms with Gasteiger partial charge in [0.1, 0.15) is 5.82 Å². The number of fused-ring (bicyclic) bond motifs is 1. The van der Waals surface area contributed by atoms with Crippen LogP contribution in [0.4, 0.5) is 14.9 Å². The van der Waals surface area contributed by atoms with Gasteiger partial charge in [0.25, 0.3) is 5.56 Å². The van der Waals surface area contributed by atoms with Crippen LogP contribution in [-0.4, -0.2) is 84.0 Å². The van der Waals surface area contributed by atoms with Crippen LogP contribution in [-0.2, 0) is 28.4 Å². The van der Waals surface area contributed by atoms with Gasteiger partial charge in [-0.3, -0.25) is 14.5 Å². The SMILES string of the molecule is COC(=O)N1CCN(CC(=O)N2CC(C)(C)c3c2cc(Cc2ccc(F)cc2)c(=O)n3C)[C@@H](CO)C1. The largest absolute Gasteiger partial charge is 0.453 e. The first kappa shape index (κ1) is 25.8. The Bertz CT molecular complexity index is 1210. The lowest BCUT2D eigenvalue weighted by Crippen LogP contribution is -2.58. The monoisotopic (exact) mass is 500 g/mol. The van der Waals surface area contributed by atoms with E-state index in [-0.39, 0.29) is 43.0 Å². The zero-order valence-corrected chi connectivity index (χ0v) is 21.2. The number of rotatable bonds is 5. The molecule has 36 heavy (non-hydrogen) atoms. The molecular formula is C26H33FN4O5. The smallest absolute Gasteiger partial charge is 0.409 e. The fraction of sp³-hybridized carbons (Fsp3) is 0.500. The molecule has 2 aliphatic rings. The number of hydrogen-bond acceptors (Lipinski definition) is 6. The third kappa shape index (κ3) is 4.87.